The molecule has 1 rings (SSSR count). The lowest BCUT2D eigenvalue weighted by molar-refractivity contribution is -0.358. The third kappa shape index (κ3) is 2.34. The first-order valence-corrected chi connectivity index (χ1v) is 4.46. The van der Waals surface area contributed by atoms with Crippen LogP contribution in [0.2, 0.25) is 0 Å². The number of rotatable bonds is 4. The molecule has 0 saturated carbocycles. The quantitative estimate of drug-likeness (QED) is 0.565. The van der Waals surface area contributed by atoms with Gasteiger partial charge in [0.1, 0.15) is 0 Å². The summed E-state index contributed by atoms with van der Waals surface area (Å²) in [5.74, 6) is -11.0. The van der Waals surface area contributed by atoms with E-state index in [0.717, 1.165) is 0 Å². The summed E-state index contributed by atoms with van der Waals surface area (Å²) in [6.07, 6.45) is -9.07. The van der Waals surface area contributed by atoms with Crippen molar-refractivity contribution in [2.24, 2.45) is 0 Å². The van der Waals surface area contributed by atoms with Gasteiger partial charge in [-0.15, -0.1) is 0 Å². The average Bonchev–Trinajstić information content (AvgIpc) is 2.84. The standard InChI is InChI=1S/C8H8F8O/c1-5(9,7(12,13)8(14,15)16)6(10,11)2-4-3-17-4/h4H,2-3H2,1H3. The van der Waals surface area contributed by atoms with Gasteiger partial charge in [-0.3, -0.25) is 0 Å². The minimum Gasteiger partial charge on any atom is -0.373 e. The number of hydrogen-bond acceptors (Lipinski definition) is 1. The van der Waals surface area contributed by atoms with E-state index in [-0.39, 0.29) is 6.61 Å². The summed E-state index contributed by atoms with van der Waals surface area (Å²) in [5.41, 5.74) is -5.02. The Morgan fingerprint density at radius 1 is 1.00 bits per heavy atom. The van der Waals surface area contributed by atoms with Crippen molar-refractivity contribution in [1.82, 2.24) is 0 Å². The molecule has 0 amide bonds. The summed E-state index contributed by atoms with van der Waals surface area (Å²) in [7, 11) is 0. The number of ether oxygens (including phenoxy) is 1. The van der Waals surface area contributed by atoms with E-state index in [1.807, 2.05) is 0 Å². The predicted octanol–water partition coefficient (Wildman–Crippen LogP) is 3.34. The number of epoxide rings is 1. The molecule has 0 aliphatic carbocycles. The van der Waals surface area contributed by atoms with Gasteiger partial charge in [0.25, 0.3) is 5.92 Å². The molecule has 0 aromatic rings. The first-order valence-electron chi connectivity index (χ1n) is 4.46. The maximum Gasteiger partial charge on any atom is 0.457 e. The SMILES string of the molecule is CC(F)(C(F)(F)CC1CO1)C(F)(F)C(F)(F)F. The zero-order valence-electron chi connectivity index (χ0n) is 8.42. The van der Waals surface area contributed by atoms with E-state index < -0.39 is 43.1 Å². The van der Waals surface area contributed by atoms with E-state index in [1.54, 1.807) is 0 Å². The summed E-state index contributed by atoms with van der Waals surface area (Å²) >= 11 is 0. The molecule has 0 radical (unpaired) electrons. The average molecular weight is 272 g/mol. The molecule has 0 aromatic carbocycles. The fourth-order valence-electron chi connectivity index (χ4n) is 1.16. The highest BCUT2D eigenvalue weighted by Crippen LogP contribution is 2.53. The van der Waals surface area contributed by atoms with E-state index in [4.69, 9.17) is 0 Å². The van der Waals surface area contributed by atoms with Gasteiger partial charge < -0.3 is 4.74 Å². The summed E-state index contributed by atoms with van der Waals surface area (Å²) in [6, 6.07) is 0. The third-order valence-corrected chi connectivity index (χ3v) is 2.52. The van der Waals surface area contributed by atoms with Crippen LogP contribution < -0.4 is 0 Å². The Labute approximate surface area is 90.7 Å². The van der Waals surface area contributed by atoms with Crippen LogP contribution in [0.15, 0.2) is 0 Å². The van der Waals surface area contributed by atoms with Crippen LogP contribution in [0.1, 0.15) is 13.3 Å². The van der Waals surface area contributed by atoms with Gasteiger partial charge in [0.2, 0.25) is 5.67 Å². The maximum atomic E-state index is 13.3. The Morgan fingerprint density at radius 3 is 1.71 bits per heavy atom. The second-order valence-corrected chi connectivity index (χ2v) is 3.94. The molecule has 1 fully saturated rings. The summed E-state index contributed by atoms with van der Waals surface area (Å²) in [5, 5.41) is 0. The summed E-state index contributed by atoms with van der Waals surface area (Å²) in [4.78, 5) is 0. The van der Waals surface area contributed by atoms with E-state index in [1.165, 1.54) is 0 Å². The Morgan fingerprint density at radius 2 is 1.41 bits per heavy atom. The highest BCUT2D eigenvalue weighted by atomic mass is 19.4. The van der Waals surface area contributed by atoms with Gasteiger partial charge in [-0.2, -0.15) is 22.0 Å². The minimum absolute atomic E-state index is 0.205. The van der Waals surface area contributed by atoms with Crippen LogP contribution in [0.4, 0.5) is 35.1 Å². The van der Waals surface area contributed by atoms with Crippen LogP contribution in [0.3, 0.4) is 0 Å². The van der Waals surface area contributed by atoms with Crippen molar-refractivity contribution in [3.05, 3.63) is 0 Å². The molecule has 1 nitrogen and oxygen atoms in total. The van der Waals surface area contributed by atoms with Crippen LogP contribution >= 0.6 is 0 Å². The van der Waals surface area contributed by atoms with Crippen LogP contribution in [-0.2, 0) is 4.74 Å². The molecule has 0 N–H and O–H groups in total. The highest BCUT2D eigenvalue weighted by Gasteiger charge is 2.77. The van der Waals surface area contributed by atoms with Crippen LogP contribution in [-0.4, -0.2) is 36.4 Å². The number of halogens is 8. The lowest BCUT2D eigenvalue weighted by Gasteiger charge is -2.36. The van der Waals surface area contributed by atoms with Crippen molar-refractivity contribution in [1.29, 1.82) is 0 Å². The molecule has 0 spiro atoms. The van der Waals surface area contributed by atoms with E-state index in [9.17, 15) is 35.1 Å². The van der Waals surface area contributed by atoms with Gasteiger partial charge >= 0.3 is 12.1 Å². The second kappa shape index (κ2) is 3.69. The van der Waals surface area contributed by atoms with Gasteiger partial charge in [0.05, 0.1) is 12.7 Å². The van der Waals surface area contributed by atoms with Crippen LogP contribution in [0, 0.1) is 0 Å². The lowest BCUT2D eigenvalue weighted by Crippen LogP contribution is -2.62. The molecule has 1 heterocycles. The van der Waals surface area contributed by atoms with E-state index in [0.29, 0.717) is 0 Å². The maximum absolute atomic E-state index is 13.3. The Bertz CT molecular complexity index is 290. The zero-order chi connectivity index (χ0) is 13.7. The molecule has 17 heavy (non-hydrogen) atoms. The van der Waals surface area contributed by atoms with Crippen molar-refractivity contribution in [3.8, 4) is 0 Å². The van der Waals surface area contributed by atoms with Crippen molar-refractivity contribution in [2.75, 3.05) is 6.61 Å². The second-order valence-electron chi connectivity index (χ2n) is 3.94. The molecular formula is C8H8F8O. The summed E-state index contributed by atoms with van der Waals surface area (Å²) in [6.45, 7) is -0.661. The Hall–Kier alpha value is -0.600. The van der Waals surface area contributed by atoms with Gasteiger partial charge in [-0.25, -0.2) is 13.2 Å². The van der Waals surface area contributed by atoms with Gasteiger partial charge in [-0.05, 0) is 6.92 Å². The third-order valence-electron chi connectivity index (χ3n) is 2.52. The van der Waals surface area contributed by atoms with Crippen LogP contribution in [0.5, 0.6) is 0 Å². The Kier molecular flexibility index (Phi) is 3.14. The Balaban J connectivity index is 2.98. The van der Waals surface area contributed by atoms with Crippen molar-refractivity contribution < 1.29 is 39.9 Å². The van der Waals surface area contributed by atoms with Crippen LogP contribution in [0.25, 0.3) is 0 Å². The summed E-state index contributed by atoms with van der Waals surface area (Å²) < 4.78 is 105. The smallest absolute Gasteiger partial charge is 0.373 e. The molecule has 1 aliphatic rings. The van der Waals surface area contributed by atoms with Gasteiger partial charge in [0, 0.05) is 6.42 Å². The van der Waals surface area contributed by atoms with Crippen molar-refractivity contribution in [2.45, 2.75) is 43.1 Å². The number of hydrogen-bond donors (Lipinski definition) is 0. The molecule has 0 bridgehead atoms. The predicted molar refractivity (Wildman–Crippen MR) is 39.8 cm³/mol. The molecule has 0 aromatic heterocycles. The van der Waals surface area contributed by atoms with Crippen molar-refractivity contribution in [3.63, 3.8) is 0 Å². The molecular weight excluding hydrogens is 264 g/mol. The fourth-order valence-corrected chi connectivity index (χ4v) is 1.16. The molecule has 102 valence electrons. The minimum atomic E-state index is -6.38. The molecule has 2 unspecified atom stereocenters. The fraction of sp³-hybridized carbons (Fsp3) is 1.00. The number of alkyl halides is 8. The monoisotopic (exact) mass is 272 g/mol. The molecule has 1 saturated heterocycles. The van der Waals surface area contributed by atoms with Gasteiger partial charge in [0.15, 0.2) is 0 Å². The van der Waals surface area contributed by atoms with E-state index in [2.05, 4.69) is 4.74 Å². The first kappa shape index (κ1) is 14.5. The first-order chi connectivity index (χ1) is 7.33. The van der Waals surface area contributed by atoms with Crippen molar-refractivity contribution >= 4 is 0 Å². The largest absolute Gasteiger partial charge is 0.457 e. The molecule has 2 atom stereocenters. The zero-order valence-corrected chi connectivity index (χ0v) is 8.42. The topological polar surface area (TPSA) is 12.5 Å². The normalized spacial score (nSPS) is 25.6. The lowest BCUT2D eigenvalue weighted by atomic mass is 9.89. The molecule has 1 aliphatic heterocycles. The highest BCUT2D eigenvalue weighted by molar-refractivity contribution is 5.05. The van der Waals surface area contributed by atoms with E-state index >= 15 is 0 Å². The van der Waals surface area contributed by atoms with Gasteiger partial charge in [-0.1, -0.05) is 0 Å². The molecule has 9 heteroatoms.